The van der Waals surface area contributed by atoms with Crippen molar-refractivity contribution in [1.82, 2.24) is 5.32 Å². The second-order valence-electron chi connectivity index (χ2n) is 4.17. The molecule has 1 saturated heterocycles. The molecule has 1 N–H and O–H groups in total. The fourth-order valence-electron chi connectivity index (χ4n) is 2.16. The highest BCUT2D eigenvalue weighted by Crippen LogP contribution is 2.24. The van der Waals surface area contributed by atoms with E-state index in [0.29, 0.717) is 12.0 Å². The van der Waals surface area contributed by atoms with E-state index in [1.54, 1.807) is 0 Å². The van der Waals surface area contributed by atoms with E-state index < -0.39 is 0 Å². The first-order valence-electron chi connectivity index (χ1n) is 9.49. The van der Waals surface area contributed by atoms with Gasteiger partial charge in [-0.1, -0.05) is 82.6 Å². The zero-order valence-electron chi connectivity index (χ0n) is 17.0. The van der Waals surface area contributed by atoms with Crippen LogP contribution in [0, 0.1) is 11.8 Å². The summed E-state index contributed by atoms with van der Waals surface area (Å²) in [6.07, 6.45) is 4.51. The van der Waals surface area contributed by atoms with Crippen molar-refractivity contribution in [2.45, 2.75) is 108 Å². The molecule has 132 valence electrons. The monoisotopic (exact) mass is 303 g/mol. The Morgan fingerprint density at radius 2 is 1.29 bits per heavy atom. The normalized spacial score (nSPS) is 23.0. The first-order chi connectivity index (χ1) is 10.2. The zero-order chi connectivity index (χ0) is 17.8. The van der Waals surface area contributed by atoms with Crippen molar-refractivity contribution in [2.24, 2.45) is 11.8 Å². The molecule has 3 atom stereocenters. The molecule has 0 aromatic rings. The topological polar surface area (TPSA) is 29.1 Å². The third kappa shape index (κ3) is 14.2. The van der Waals surface area contributed by atoms with Crippen LogP contribution in [0.5, 0.6) is 0 Å². The molecule has 0 radical (unpaired) electrons. The molecule has 0 aromatic carbocycles. The Kier molecular flexibility index (Phi) is 33.4. The van der Waals surface area contributed by atoms with Crippen molar-refractivity contribution in [3.8, 4) is 0 Å². The van der Waals surface area contributed by atoms with Crippen molar-refractivity contribution < 1.29 is 4.79 Å². The molecule has 0 bridgehead atoms. The number of rotatable bonds is 2. The van der Waals surface area contributed by atoms with Crippen LogP contribution in [-0.2, 0) is 4.79 Å². The highest BCUT2D eigenvalue weighted by molar-refractivity contribution is 5.78. The molecule has 1 fully saturated rings. The van der Waals surface area contributed by atoms with Gasteiger partial charge in [0, 0.05) is 12.0 Å². The summed E-state index contributed by atoms with van der Waals surface area (Å²) in [5.41, 5.74) is 0. The highest BCUT2D eigenvalue weighted by atomic mass is 16.1. The summed E-state index contributed by atoms with van der Waals surface area (Å²) in [6, 6.07) is 0.419. The Balaban J connectivity index is -0.000000156. The van der Waals surface area contributed by atoms with Gasteiger partial charge in [0.1, 0.15) is 0 Å². The van der Waals surface area contributed by atoms with E-state index in [2.05, 4.69) is 19.2 Å². The Morgan fingerprint density at radius 1 is 0.857 bits per heavy atom. The highest BCUT2D eigenvalue weighted by Gasteiger charge is 2.27. The summed E-state index contributed by atoms with van der Waals surface area (Å²) in [5.74, 6) is 1.16. The van der Waals surface area contributed by atoms with Crippen molar-refractivity contribution in [3.63, 3.8) is 0 Å². The molecular weight excluding hydrogens is 258 g/mol. The van der Waals surface area contributed by atoms with Crippen LogP contribution in [0.2, 0.25) is 0 Å². The Bertz CT molecular complexity index is 180. The number of nitrogens with one attached hydrogen (secondary N) is 1. The van der Waals surface area contributed by atoms with Gasteiger partial charge in [0.05, 0.1) is 0 Å². The molecule has 1 heterocycles. The largest absolute Gasteiger partial charge is 0.353 e. The van der Waals surface area contributed by atoms with Crippen molar-refractivity contribution in [2.75, 3.05) is 0 Å². The van der Waals surface area contributed by atoms with Gasteiger partial charge in [0.15, 0.2) is 0 Å². The average molecular weight is 304 g/mol. The number of hydrogen-bond donors (Lipinski definition) is 1. The van der Waals surface area contributed by atoms with Crippen LogP contribution in [0.15, 0.2) is 0 Å². The van der Waals surface area contributed by atoms with Crippen molar-refractivity contribution >= 4 is 5.91 Å². The smallest absolute Gasteiger partial charge is 0.223 e. The quantitative estimate of drug-likeness (QED) is 0.624. The molecule has 1 aliphatic rings. The lowest BCUT2D eigenvalue weighted by Gasteiger charge is -2.22. The van der Waals surface area contributed by atoms with E-state index in [4.69, 9.17) is 0 Å². The first-order valence-corrected chi connectivity index (χ1v) is 9.49. The van der Waals surface area contributed by atoms with Crippen LogP contribution < -0.4 is 5.32 Å². The SMILES string of the molecule is CC.CC.CC.CC.CCC1CCC(C)C(=O)NC1CC. The molecule has 3 unspecified atom stereocenters. The lowest BCUT2D eigenvalue weighted by molar-refractivity contribution is -0.124. The third-order valence-electron chi connectivity index (χ3n) is 3.28. The lowest BCUT2D eigenvalue weighted by Crippen LogP contribution is -2.39. The van der Waals surface area contributed by atoms with Crippen LogP contribution >= 0.6 is 0 Å². The van der Waals surface area contributed by atoms with Gasteiger partial charge in [-0.3, -0.25) is 4.79 Å². The summed E-state index contributed by atoms with van der Waals surface area (Å²) >= 11 is 0. The van der Waals surface area contributed by atoms with E-state index in [9.17, 15) is 4.79 Å². The van der Waals surface area contributed by atoms with E-state index in [-0.39, 0.29) is 11.8 Å². The van der Waals surface area contributed by atoms with Gasteiger partial charge in [-0.05, 0) is 25.2 Å². The molecule has 2 heteroatoms. The summed E-state index contributed by atoms with van der Waals surface area (Å²) in [4.78, 5) is 11.5. The second kappa shape index (κ2) is 24.5. The second-order valence-corrected chi connectivity index (χ2v) is 4.17. The van der Waals surface area contributed by atoms with Gasteiger partial charge in [0.25, 0.3) is 0 Å². The molecule has 21 heavy (non-hydrogen) atoms. The number of amides is 1. The van der Waals surface area contributed by atoms with Crippen molar-refractivity contribution in [3.05, 3.63) is 0 Å². The first kappa shape index (κ1) is 28.6. The maximum atomic E-state index is 11.5. The molecule has 2 nitrogen and oxygen atoms in total. The predicted molar refractivity (Wildman–Crippen MR) is 99.8 cm³/mol. The lowest BCUT2D eigenvalue weighted by atomic mass is 9.90. The van der Waals surface area contributed by atoms with Crippen LogP contribution in [0.25, 0.3) is 0 Å². The standard InChI is InChI=1S/C11H21NO.4C2H6/c1-4-9-7-6-8(3)11(13)12-10(9)5-2;4*1-2/h8-10H,4-7H2,1-3H3,(H,12,13);4*1-2H3. The Labute approximate surface area is 136 Å². The zero-order valence-corrected chi connectivity index (χ0v) is 17.0. The third-order valence-corrected chi connectivity index (χ3v) is 3.28. The fraction of sp³-hybridized carbons (Fsp3) is 0.947. The van der Waals surface area contributed by atoms with Crippen LogP contribution in [-0.4, -0.2) is 11.9 Å². The van der Waals surface area contributed by atoms with Gasteiger partial charge in [0.2, 0.25) is 5.91 Å². The number of hydrogen-bond acceptors (Lipinski definition) is 1. The maximum absolute atomic E-state index is 11.5. The predicted octanol–water partition coefficient (Wildman–Crippen LogP) is 6.44. The van der Waals surface area contributed by atoms with Crippen molar-refractivity contribution in [1.29, 1.82) is 0 Å². The summed E-state index contributed by atoms with van der Waals surface area (Å²) in [6.45, 7) is 22.4. The minimum atomic E-state index is 0.214. The van der Waals surface area contributed by atoms with E-state index in [1.165, 1.54) is 12.8 Å². The Morgan fingerprint density at radius 3 is 1.62 bits per heavy atom. The minimum Gasteiger partial charge on any atom is -0.353 e. The molecule has 0 aliphatic carbocycles. The van der Waals surface area contributed by atoms with E-state index >= 15 is 0 Å². The average Bonchev–Trinajstić information content (AvgIpc) is 2.74. The van der Waals surface area contributed by atoms with Crippen LogP contribution in [0.4, 0.5) is 0 Å². The van der Waals surface area contributed by atoms with Gasteiger partial charge >= 0.3 is 0 Å². The molecule has 0 spiro atoms. The van der Waals surface area contributed by atoms with Gasteiger partial charge in [-0.2, -0.15) is 0 Å². The van der Waals surface area contributed by atoms with E-state index in [0.717, 1.165) is 12.8 Å². The van der Waals surface area contributed by atoms with Crippen LogP contribution in [0.1, 0.15) is 102 Å². The molecule has 0 saturated carbocycles. The van der Waals surface area contributed by atoms with Gasteiger partial charge in [-0.15, -0.1) is 0 Å². The summed E-state index contributed by atoms with van der Waals surface area (Å²) in [5, 5.41) is 3.14. The maximum Gasteiger partial charge on any atom is 0.223 e. The molecular formula is C19H45NO. The molecule has 1 rings (SSSR count). The number of carbonyl (C=O) groups excluding carboxylic acids is 1. The van der Waals surface area contributed by atoms with E-state index in [1.807, 2.05) is 62.3 Å². The number of carbonyl (C=O) groups is 1. The minimum absolute atomic E-state index is 0.214. The molecule has 1 amide bonds. The fourth-order valence-corrected chi connectivity index (χ4v) is 2.16. The molecule has 0 aromatic heterocycles. The summed E-state index contributed by atoms with van der Waals surface area (Å²) in [7, 11) is 0. The summed E-state index contributed by atoms with van der Waals surface area (Å²) < 4.78 is 0. The van der Waals surface area contributed by atoms with Gasteiger partial charge < -0.3 is 5.32 Å². The molecule has 1 aliphatic heterocycles. The van der Waals surface area contributed by atoms with Gasteiger partial charge in [-0.25, -0.2) is 0 Å². The Hall–Kier alpha value is -0.530. The van der Waals surface area contributed by atoms with Crippen LogP contribution in [0.3, 0.4) is 0 Å².